The molecule has 1 aliphatic heterocycles. The Hall–Kier alpha value is -3.07. The molecule has 0 radical (unpaired) electrons. The largest absolute Gasteiger partial charge is 0.366 e. The summed E-state index contributed by atoms with van der Waals surface area (Å²) in [6.07, 6.45) is 9.39. The molecular formula is C20H25ClN8O. The molecule has 1 atom stereocenters. The molecule has 0 unspecified atom stereocenters. The van der Waals surface area contributed by atoms with Crippen LogP contribution in [-0.2, 0) is 11.3 Å². The van der Waals surface area contributed by atoms with E-state index in [1.54, 1.807) is 12.4 Å². The summed E-state index contributed by atoms with van der Waals surface area (Å²) in [5.41, 5.74) is 1.47. The molecule has 3 aromatic heterocycles. The summed E-state index contributed by atoms with van der Waals surface area (Å²) in [7, 11) is 0. The second-order valence-electron chi connectivity index (χ2n) is 7.27. The molecule has 0 spiro atoms. The number of hydrogen-bond acceptors (Lipinski definition) is 6. The summed E-state index contributed by atoms with van der Waals surface area (Å²) >= 11 is 6.40. The number of fused-ring (bicyclic) bond motifs is 1. The van der Waals surface area contributed by atoms with E-state index in [0.717, 1.165) is 43.4 Å². The number of rotatable bonds is 6. The van der Waals surface area contributed by atoms with Crippen molar-refractivity contribution in [3.05, 3.63) is 36.3 Å². The van der Waals surface area contributed by atoms with Gasteiger partial charge < -0.3 is 20.5 Å². The van der Waals surface area contributed by atoms with E-state index in [2.05, 4.69) is 37.3 Å². The molecular weight excluding hydrogens is 404 g/mol. The summed E-state index contributed by atoms with van der Waals surface area (Å²) in [6.45, 7) is 7.82. The minimum Gasteiger partial charge on any atom is -0.366 e. The van der Waals surface area contributed by atoms with Crippen LogP contribution in [0, 0.1) is 0 Å². The zero-order valence-corrected chi connectivity index (χ0v) is 17.6. The molecule has 4 heterocycles. The van der Waals surface area contributed by atoms with Crippen molar-refractivity contribution in [3.8, 4) is 0 Å². The molecule has 0 aromatic carbocycles. The molecule has 1 saturated heterocycles. The van der Waals surface area contributed by atoms with Gasteiger partial charge in [0.05, 0.1) is 22.3 Å². The van der Waals surface area contributed by atoms with E-state index in [9.17, 15) is 4.79 Å². The number of anilines is 3. The molecule has 1 aliphatic rings. The number of halogens is 1. The van der Waals surface area contributed by atoms with Gasteiger partial charge >= 0.3 is 0 Å². The maximum atomic E-state index is 11.9. The average Bonchev–Trinajstić information content (AvgIpc) is 3.28. The van der Waals surface area contributed by atoms with Gasteiger partial charge in [0.2, 0.25) is 11.9 Å². The lowest BCUT2D eigenvalue weighted by atomic mass is 10.1. The van der Waals surface area contributed by atoms with E-state index in [1.807, 2.05) is 22.7 Å². The number of likely N-dealkylation sites (tertiary alicyclic amines) is 1. The Morgan fingerprint density at radius 1 is 1.40 bits per heavy atom. The minimum atomic E-state index is -0.0205. The maximum Gasteiger partial charge on any atom is 0.245 e. The van der Waals surface area contributed by atoms with Gasteiger partial charge in [-0.25, -0.2) is 0 Å². The highest BCUT2D eigenvalue weighted by molar-refractivity contribution is 6.36. The lowest BCUT2D eigenvalue weighted by Crippen LogP contribution is -2.31. The summed E-state index contributed by atoms with van der Waals surface area (Å²) in [5.74, 6) is 1.11. The Morgan fingerprint density at radius 2 is 2.27 bits per heavy atom. The van der Waals surface area contributed by atoms with E-state index >= 15 is 0 Å². The van der Waals surface area contributed by atoms with Crippen molar-refractivity contribution < 1.29 is 4.79 Å². The van der Waals surface area contributed by atoms with Gasteiger partial charge in [-0.15, -0.1) is 0 Å². The van der Waals surface area contributed by atoms with Crippen molar-refractivity contribution in [2.24, 2.45) is 0 Å². The number of aryl methyl sites for hydroxylation is 1. The second-order valence-corrected chi connectivity index (χ2v) is 7.67. The van der Waals surface area contributed by atoms with Crippen molar-refractivity contribution >= 4 is 46.0 Å². The highest BCUT2D eigenvalue weighted by Gasteiger charge is 2.21. The Morgan fingerprint density at radius 3 is 3.03 bits per heavy atom. The first kappa shape index (κ1) is 20.2. The first-order valence-corrected chi connectivity index (χ1v) is 10.5. The third-order valence-electron chi connectivity index (χ3n) is 5.25. The molecule has 3 N–H and O–H groups in total. The van der Waals surface area contributed by atoms with Crippen molar-refractivity contribution in [2.75, 3.05) is 23.7 Å². The molecule has 30 heavy (non-hydrogen) atoms. The SMILES string of the molecule is C=CC(=O)N1CCC[C@H](Nc2nc(Nc3cnn(CC)c3)nc3[nH]cc(Cl)c23)CC1. The molecule has 1 amide bonds. The maximum absolute atomic E-state index is 11.9. The second kappa shape index (κ2) is 8.74. The van der Waals surface area contributed by atoms with E-state index in [0.29, 0.717) is 29.0 Å². The molecule has 3 aromatic rings. The smallest absolute Gasteiger partial charge is 0.245 e. The third kappa shape index (κ3) is 4.25. The van der Waals surface area contributed by atoms with Crippen LogP contribution in [0.4, 0.5) is 17.5 Å². The Balaban J connectivity index is 1.57. The van der Waals surface area contributed by atoms with Gasteiger partial charge in [0, 0.05) is 38.1 Å². The van der Waals surface area contributed by atoms with Crippen LogP contribution in [0.3, 0.4) is 0 Å². The van der Waals surface area contributed by atoms with E-state index in [1.165, 1.54) is 6.08 Å². The summed E-state index contributed by atoms with van der Waals surface area (Å²) in [4.78, 5) is 26.1. The molecule has 1 fully saturated rings. The zero-order chi connectivity index (χ0) is 21.1. The van der Waals surface area contributed by atoms with Crippen LogP contribution in [-0.4, -0.2) is 54.7 Å². The zero-order valence-electron chi connectivity index (χ0n) is 16.9. The molecule has 4 rings (SSSR count). The normalized spacial score (nSPS) is 17.0. The lowest BCUT2D eigenvalue weighted by Gasteiger charge is -2.20. The quantitative estimate of drug-likeness (QED) is 0.519. The molecule has 158 valence electrons. The van der Waals surface area contributed by atoms with Gasteiger partial charge in [0.1, 0.15) is 11.5 Å². The van der Waals surface area contributed by atoms with Gasteiger partial charge in [-0.3, -0.25) is 9.48 Å². The number of H-pyrrole nitrogens is 1. The fraction of sp³-hybridized carbons (Fsp3) is 0.400. The summed E-state index contributed by atoms with van der Waals surface area (Å²) in [6, 6.07) is 0.173. The Kier molecular flexibility index (Phi) is 5.89. The third-order valence-corrected chi connectivity index (χ3v) is 5.55. The van der Waals surface area contributed by atoms with Crippen molar-refractivity contribution in [1.29, 1.82) is 0 Å². The molecule has 0 bridgehead atoms. The van der Waals surface area contributed by atoms with Gasteiger partial charge in [0.25, 0.3) is 0 Å². The van der Waals surface area contributed by atoms with Gasteiger partial charge in [-0.05, 0) is 32.3 Å². The number of amides is 1. The van der Waals surface area contributed by atoms with E-state index in [-0.39, 0.29) is 11.9 Å². The Labute approximate surface area is 179 Å². The van der Waals surface area contributed by atoms with Crippen molar-refractivity contribution in [3.63, 3.8) is 0 Å². The van der Waals surface area contributed by atoms with Crippen LogP contribution in [0.1, 0.15) is 26.2 Å². The van der Waals surface area contributed by atoms with Gasteiger partial charge in [-0.2, -0.15) is 15.1 Å². The number of carbonyl (C=O) groups is 1. The number of nitrogens with one attached hydrogen (secondary N) is 3. The number of nitrogens with zero attached hydrogens (tertiary/aromatic N) is 5. The van der Waals surface area contributed by atoms with Crippen LogP contribution in [0.2, 0.25) is 5.02 Å². The molecule has 0 saturated carbocycles. The van der Waals surface area contributed by atoms with Crippen LogP contribution < -0.4 is 10.6 Å². The fourth-order valence-corrected chi connectivity index (χ4v) is 3.90. The van der Waals surface area contributed by atoms with Crippen LogP contribution >= 0.6 is 11.6 Å². The van der Waals surface area contributed by atoms with Gasteiger partial charge in [-0.1, -0.05) is 18.2 Å². The predicted octanol–water partition coefficient (Wildman–Crippen LogP) is 3.55. The van der Waals surface area contributed by atoms with Crippen molar-refractivity contribution in [2.45, 2.75) is 38.8 Å². The van der Waals surface area contributed by atoms with Gasteiger partial charge in [0.15, 0.2) is 0 Å². The highest BCUT2D eigenvalue weighted by Crippen LogP contribution is 2.31. The van der Waals surface area contributed by atoms with Crippen LogP contribution in [0.15, 0.2) is 31.2 Å². The number of hydrogen-bond donors (Lipinski definition) is 3. The topological polar surface area (TPSA) is 104 Å². The Bertz CT molecular complexity index is 1060. The first-order chi connectivity index (χ1) is 14.6. The summed E-state index contributed by atoms with van der Waals surface area (Å²) < 4.78 is 1.83. The molecule has 9 nitrogen and oxygen atoms in total. The highest BCUT2D eigenvalue weighted by atomic mass is 35.5. The van der Waals surface area contributed by atoms with E-state index < -0.39 is 0 Å². The molecule has 0 aliphatic carbocycles. The lowest BCUT2D eigenvalue weighted by molar-refractivity contribution is -0.125. The van der Waals surface area contributed by atoms with E-state index in [4.69, 9.17) is 11.6 Å². The van der Waals surface area contributed by atoms with Crippen LogP contribution in [0.5, 0.6) is 0 Å². The molecule has 10 heteroatoms. The average molecular weight is 429 g/mol. The fourth-order valence-electron chi connectivity index (χ4n) is 3.67. The first-order valence-electron chi connectivity index (χ1n) is 10.1. The van der Waals surface area contributed by atoms with Crippen molar-refractivity contribution in [1.82, 2.24) is 29.6 Å². The minimum absolute atomic E-state index is 0.0205. The number of carbonyl (C=O) groups excluding carboxylic acids is 1. The summed E-state index contributed by atoms with van der Waals surface area (Å²) in [5, 5.41) is 12.3. The standard InChI is InChI=1S/C20H25ClN8O/c1-3-16(30)28-8-5-6-13(7-9-28)24-19-17-15(21)11-22-18(17)26-20(27-19)25-14-10-23-29(4-2)12-14/h3,10-13H,1,4-9H2,2H3,(H3,22,24,25,26,27)/t13-/m0/s1. The van der Waals surface area contributed by atoms with Crippen LogP contribution in [0.25, 0.3) is 11.0 Å². The monoisotopic (exact) mass is 428 g/mol. The predicted molar refractivity (Wildman–Crippen MR) is 118 cm³/mol. The number of aromatic nitrogens is 5. The number of aromatic amines is 1.